The van der Waals surface area contributed by atoms with Gasteiger partial charge < -0.3 is 25.6 Å². The van der Waals surface area contributed by atoms with Crippen molar-refractivity contribution in [2.45, 2.75) is 37.8 Å². The maximum absolute atomic E-state index is 10.8. The fraction of sp³-hybridized carbons (Fsp3) is 0.421. The van der Waals surface area contributed by atoms with Gasteiger partial charge in [-0.1, -0.05) is 36.5 Å². The zero-order valence-corrected chi connectivity index (χ0v) is 17.3. The minimum Gasteiger partial charge on any atom is -0.456 e. The van der Waals surface area contributed by atoms with Crippen molar-refractivity contribution >= 4 is 25.0 Å². The van der Waals surface area contributed by atoms with Crippen molar-refractivity contribution in [1.29, 1.82) is 0 Å². The number of hydrogen-bond donors (Lipinski definition) is 4. The first-order valence-corrected chi connectivity index (χ1v) is 11.0. The zero-order chi connectivity index (χ0) is 20.1. The Morgan fingerprint density at radius 3 is 2.15 bits per heavy atom. The summed E-state index contributed by atoms with van der Waals surface area (Å²) in [6.07, 6.45) is 16.7. The van der Waals surface area contributed by atoms with Crippen LogP contribution in [0.15, 0.2) is 59.8 Å². The van der Waals surface area contributed by atoms with E-state index in [1.54, 1.807) is 0 Å². The summed E-state index contributed by atoms with van der Waals surface area (Å²) in [6, 6.07) is 0. The van der Waals surface area contributed by atoms with E-state index in [-0.39, 0.29) is 11.3 Å². The third-order valence-electron chi connectivity index (χ3n) is 4.22. The van der Waals surface area contributed by atoms with E-state index >= 15 is 0 Å². The minimum absolute atomic E-state index is 0.119. The van der Waals surface area contributed by atoms with Crippen molar-refractivity contribution in [2.75, 3.05) is 12.7 Å². The topological polar surface area (TPSA) is 105 Å². The van der Waals surface area contributed by atoms with Crippen molar-refractivity contribution in [1.82, 2.24) is 5.32 Å². The summed E-state index contributed by atoms with van der Waals surface area (Å²) >= 11 is 5.24. The summed E-state index contributed by atoms with van der Waals surface area (Å²) < 4.78 is 16.7. The highest BCUT2D eigenvalue weighted by Crippen LogP contribution is 2.35. The van der Waals surface area contributed by atoms with Crippen LogP contribution in [-0.2, 0) is 9.30 Å². The molecule has 0 heterocycles. The molecule has 5 N–H and O–H groups in total. The Bertz CT molecular complexity index is 739. The maximum atomic E-state index is 10.8. The molecule has 0 unspecified atom stereocenters. The average molecular weight is 410 g/mol. The van der Waals surface area contributed by atoms with E-state index in [2.05, 4.69) is 5.32 Å². The average Bonchev–Trinajstić information content (AvgIpc) is 2.78. The van der Waals surface area contributed by atoms with Crippen molar-refractivity contribution < 1.29 is 19.1 Å². The molecule has 0 aliphatic heterocycles. The van der Waals surface area contributed by atoms with Crippen LogP contribution in [0.5, 0.6) is 0 Å². The molecule has 0 saturated heterocycles. The van der Waals surface area contributed by atoms with E-state index in [1.165, 1.54) is 0 Å². The lowest BCUT2D eigenvalue weighted by Gasteiger charge is -2.24. The summed E-state index contributed by atoms with van der Waals surface area (Å²) in [4.78, 5) is 17.7. The maximum Gasteiger partial charge on any atom is 0.325 e. The van der Waals surface area contributed by atoms with Crippen molar-refractivity contribution in [2.24, 2.45) is 5.73 Å². The third kappa shape index (κ3) is 7.56. The Balaban J connectivity index is 1.89. The molecule has 0 saturated carbocycles. The SMILES string of the molecule is CC1(N)C=CC2=C(C=C1)C=CC(C)(OC(=S)NCCCCP(=O)(O)O)C=C2. The Morgan fingerprint density at radius 2 is 1.63 bits per heavy atom. The van der Waals surface area contributed by atoms with E-state index in [0.717, 1.165) is 11.1 Å². The number of nitrogens with one attached hydrogen (secondary N) is 1. The van der Waals surface area contributed by atoms with Gasteiger partial charge in [-0.2, -0.15) is 0 Å². The monoisotopic (exact) mass is 410 g/mol. The molecule has 6 nitrogen and oxygen atoms in total. The van der Waals surface area contributed by atoms with Crippen LogP contribution in [0.2, 0.25) is 0 Å². The smallest absolute Gasteiger partial charge is 0.325 e. The van der Waals surface area contributed by atoms with Crippen LogP contribution < -0.4 is 11.1 Å². The van der Waals surface area contributed by atoms with E-state index in [1.807, 2.05) is 62.5 Å². The first kappa shape index (κ1) is 21.8. The van der Waals surface area contributed by atoms with Crippen LogP contribution in [0.3, 0.4) is 0 Å². The molecule has 0 spiro atoms. The summed E-state index contributed by atoms with van der Waals surface area (Å²) in [5.41, 5.74) is 7.05. The molecule has 2 aliphatic rings. The van der Waals surface area contributed by atoms with E-state index in [0.29, 0.717) is 19.4 Å². The van der Waals surface area contributed by atoms with Crippen molar-refractivity contribution in [3.8, 4) is 0 Å². The predicted molar refractivity (Wildman–Crippen MR) is 112 cm³/mol. The molecule has 0 aromatic heterocycles. The van der Waals surface area contributed by atoms with Gasteiger partial charge in [0, 0.05) is 12.7 Å². The van der Waals surface area contributed by atoms with Crippen LogP contribution in [0.25, 0.3) is 0 Å². The lowest BCUT2D eigenvalue weighted by Crippen LogP contribution is -2.34. The normalized spacial score (nSPS) is 20.0. The highest BCUT2D eigenvalue weighted by atomic mass is 32.1. The Kier molecular flexibility index (Phi) is 7.00. The molecule has 0 amide bonds. The standard InChI is InChI=1S/C19H27N2O4PS/c1-18(20)9-5-15-7-11-19(2,12-8-16(15)6-10-18)25-17(27)21-13-3-4-14-26(22,23)24/h5-12H,3-4,13-14,20H2,1-2H3,(H,21,27)(H2,22,23,24). The molecule has 8 heteroatoms. The molecule has 148 valence electrons. The lowest BCUT2D eigenvalue weighted by atomic mass is 10.0. The van der Waals surface area contributed by atoms with Crippen LogP contribution in [0.1, 0.15) is 26.7 Å². The van der Waals surface area contributed by atoms with Gasteiger partial charge in [0.2, 0.25) is 0 Å². The molecule has 0 fully saturated rings. The number of nitrogens with two attached hydrogens (primary N) is 1. The highest BCUT2D eigenvalue weighted by molar-refractivity contribution is 7.80. The molecule has 0 bridgehead atoms. The first-order valence-electron chi connectivity index (χ1n) is 8.80. The van der Waals surface area contributed by atoms with Gasteiger partial charge in [0.25, 0.3) is 5.17 Å². The number of allylic oxidation sites excluding steroid dienone is 6. The molecular weight excluding hydrogens is 383 g/mol. The van der Waals surface area contributed by atoms with Gasteiger partial charge in [0.05, 0.1) is 5.54 Å². The Morgan fingerprint density at radius 1 is 1.11 bits per heavy atom. The second kappa shape index (κ2) is 8.67. The van der Waals surface area contributed by atoms with E-state index in [9.17, 15) is 4.57 Å². The number of rotatable bonds is 6. The number of thiocarbonyl (C=S) groups is 1. The summed E-state index contributed by atoms with van der Waals surface area (Å²) in [7, 11) is -3.93. The third-order valence-corrected chi connectivity index (χ3v) is 5.35. The van der Waals surface area contributed by atoms with Crippen molar-refractivity contribution in [3.63, 3.8) is 0 Å². The zero-order valence-electron chi connectivity index (χ0n) is 15.6. The largest absolute Gasteiger partial charge is 0.456 e. The van der Waals surface area contributed by atoms with Gasteiger partial charge in [-0.3, -0.25) is 4.57 Å². The van der Waals surface area contributed by atoms with Crippen LogP contribution in [0.4, 0.5) is 0 Å². The van der Waals surface area contributed by atoms with E-state index < -0.39 is 18.7 Å². The summed E-state index contributed by atoms with van der Waals surface area (Å²) in [5.74, 6) is 0. The molecule has 2 rings (SSSR count). The van der Waals surface area contributed by atoms with Crippen LogP contribution >= 0.6 is 19.8 Å². The minimum atomic E-state index is -3.93. The summed E-state index contributed by atoms with van der Waals surface area (Å²) in [6.45, 7) is 4.35. The molecule has 0 aromatic carbocycles. The van der Waals surface area contributed by atoms with Gasteiger partial charge in [-0.05, 0) is 62.2 Å². The fourth-order valence-electron chi connectivity index (χ4n) is 2.59. The number of unbranched alkanes of at least 4 members (excludes halogenated alkanes) is 1. The lowest BCUT2D eigenvalue weighted by molar-refractivity contribution is 0.175. The quantitative estimate of drug-likeness (QED) is 0.303. The summed E-state index contributed by atoms with van der Waals surface area (Å²) in [5, 5.41) is 3.23. The molecule has 0 atom stereocenters. The molecule has 27 heavy (non-hydrogen) atoms. The van der Waals surface area contributed by atoms with Gasteiger partial charge >= 0.3 is 7.60 Å². The molecular formula is C19H27N2O4PS. The van der Waals surface area contributed by atoms with Gasteiger partial charge in [0.15, 0.2) is 0 Å². The Labute approximate surface area is 165 Å². The molecule has 0 aromatic rings. The van der Waals surface area contributed by atoms with E-state index in [4.69, 9.17) is 32.5 Å². The second-order valence-electron chi connectivity index (χ2n) is 7.21. The first-order chi connectivity index (χ1) is 12.5. The Hall–Kier alpha value is -1.50. The van der Waals surface area contributed by atoms with Gasteiger partial charge in [0.1, 0.15) is 5.60 Å². The van der Waals surface area contributed by atoms with Crippen LogP contribution in [-0.4, -0.2) is 38.8 Å². The molecule has 2 aliphatic carbocycles. The predicted octanol–water partition coefficient (Wildman–Crippen LogP) is 2.86. The number of ether oxygens (including phenoxy) is 1. The molecule has 0 radical (unpaired) electrons. The van der Waals surface area contributed by atoms with Gasteiger partial charge in [-0.15, -0.1) is 0 Å². The van der Waals surface area contributed by atoms with Crippen molar-refractivity contribution in [3.05, 3.63) is 59.8 Å². The fourth-order valence-corrected chi connectivity index (χ4v) is 3.51. The number of hydrogen-bond acceptors (Lipinski definition) is 4. The second-order valence-corrected chi connectivity index (χ2v) is 9.35. The highest BCUT2D eigenvalue weighted by Gasteiger charge is 2.23. The van der Waals surface area contributed by atoms with Crippen LogP contribution in [0, 0.1) is 0 Å². The van der Waals surface area contributed by atoms with Gasteiger partial charge in [-0.25, -0.2) is 0 Å².